The summed E-state index contributed by atoms with van der Waals surface area (Å²) in [5.74, 6) is -0.238. The van der Waals surface area contributed by atoms with Gasteiger partial charge < -0.3 is 25.3 Å². The molecule has 1 fully saturated rings. The number of furan rings is 1. The maximum absolute atomic E-state index is 12.4. The van der Waals surface area contributed by atoms with Crippen molar-refractivity contribution in [1.82, 2.24) is 15.5 Å². The summed E-state index contributed by atoms with van der Waals surface area (Å²) in [5.41, 5.74) is 2.01. The highest BCUT2D eigenvalue weighted by molar-refractivity contribution is 6.03. The number of nitrogens with one attached hydrogen (secondary N) is 3. The number of carbonyl (C=O) groups excluding carboxylic acids is 2. The Morgan fingerprint density at radius 1 is 1.18 bits per heavy atom. The van der Waals surface area contributed by atoms with Crippen molar-refractivity contribution in [3.63, 3.8) is 0 Å². The summed E-state index contributed by atoms with van der Waals surface area (Å²) in [4.78, 5) is 27.0. The molecule has 3 rings (SSSR count). The molecule has 1 saturated heterocycles. The predicted octanol–water partition coefficient (Wildman–Crippen LogP) is 2.29. The Morgan fingerprint density at radius 2 is 1.96 bits per heavy atom. The molecule has 152 valence electrons. The van der Waals surface area contributed by atoms with Crippen molar-refractivity contribution in [1.29, 1.82) is 0 Å². The molecular weight excluding hydrogens is 380 g/mol. The maximum atomic E-state index is 12.4. The van der Waals surface area contributed by atoms with Crippen LogP contribution in [0, 0.1) is 6.92 Å². The first-order valence-corrected chi connectivity index (χ1v) is 9.30. The molecular formula is C20H27ClN4O3. The molecule has 0 atom stereocenters. The van der Waals surface area contributed by atoms with Crippen LogP contribution in [0.15, 0.2) is 41.0 Å². The van der Waals surface area contributed by atoms with E-state index in [0.29, 0.717) is 17.8 Å². The van der Waals surface area contributed by atoms with Gasteiger partial charge in [0.1, 0.15) is 0 Å². The van der Waals surface area contributed by atoms with E-state index in [1.165, 1.54) is 6.26 Å². The minimum absolute atomic E-state index is 0. The number of hydrogen-bond donors (Lipinski definition) is 3. The minimum Gasteiger partial charge on any atom is -0.459 e. The third-order valence-corrected chi connectivity index (χ3v) is 4.64. The number of anilines is 1. The number of amides is 2. The first kappa shape index (κ1) is 21.9. The molecule has 0 radical (unpaired) electrons. The second-order valence-corrected chi connectivity index (χ2v) is 6.66. The minimum atomic E-state index is -0.336. The van der Waals surface area contributed by atoms with Crippen LogP contribution in [0.4, 0.5) is 5.69 Å². The lowest BCUT2D eigenvalue weighted by Crippen LogP contribution is -2.44. The Kier molecular flexibility index (Phi) is 8.50. The van der Waals surface area contributed by atoms with Gasteiger partial charge in [-0.05, 0) is 49.7 Å². The van der Waals surface area contributed by atoms with Crippen LogP contribution in [-0.4, -0.2) is 56.0 Å². The molecule has 0 unspecified atom stereocenters. The molecule has 8 heteroatoms. The number of benzene rings is 1. The first-order valence-electron chi connectivity index (χ1n) is 9.30. The van der Waals surface area contributed by atoms with Gasteiger partial charge in [0, 0.05) is 44.0 Å². The molecule has 0 spiro atoms. The Balaban J connectivity index is 0.00000280. The van der Waals surface area contributed by atoms with Gasteiger partial charge in [0.05, 0.1) is 6.26 Å². The third-order valence-electron chi connectivity index (χ3n) is 4.64. The fraction of sp³-hybridized carbons (Fsp3) is 0.400. The zero-order valence-corrected chi connectivity index (χ0v) is 16.8. The molecule has 2 aromatic rings. The van der Waals surface area contributed by atoms with Crippen LogP contribution in [0.3, 0.4) is 0 Å². The highest BCUT2D eigenvalue weighted by Gasteiger charge is 2.13. The lowest BCUT2D eigenvalue weighted by molar-refractivity contribution is 0.0949. The van der Waals surface area contributed by atoms with Crippen LogP contribution in [0.25, 0.3) is 0 Å². The first-order chi connectivity index (χ1) is 13.1. The van der Waals surface area contributed by atoms with Crippen molar-refractivity contribution in [3.8, 4) is 0 Å². The van der Waals surface area contributed by atoms with Gasteiger partial charge in [-0.25, -0.2) is 0 Å². The SMILES string of the molecule is Cc1ccc(C(=O)NCCCN2CCNCC2)cc1NC(=O)c1ccco1.Cl. The molecule has 3 N–H and O–H groups in total. The topological polar surface area (TPSA) is 86.6 Å². The highest BCUT2D eigenvalue weighted by atomic mass is 35.5. The second-order valence-electron chi connectivity index (χ2n) is 6.66. The lowest BCUT2D eigenvalue weighted by atomic mass is 10.1. The van der Waals surface area contributed by atoms with Crippen LogP contribution in [0.2, 0.25) is 0 Å². The van der Waals surface area contributed by atoms with Gasteiger partial charge in [-0.1, -0.05) is 6.07 Å². The molecule has 2 heterocycles. The Bertz CT molecular complexity index is 774. The van der Waals surface area contributed by atoms with E-state index in [2.05, 4.69) is 20.9 Å². The molecule has 2 amide bonds. The summed E-state index contributed by atoms with van der Waals surface area (Å²) in [7, 11) is 0. The van der Waals surface area contributed by atoms with Crippen LogP contribution in [0.1, 0.15) is 32.9 Å². The van der Waals surface area contributed by atoms with Gasteiger partial charge in [0.2, 0.25) is 0 Å². The Hall–Kier alpha value is -2.35. The summed E-state index contributed by atoms with van der Waals surface area (Å²) in [6.45, 7) is 7.68. The van der Waals surface area contributed by atoms with Crippen molar-refractivity contribution in [2.24, 2.45) is 0 Å². The molecule has 1 aromatic heterocycles. The molecule has 1 aliphatic rings. The summed E-state index contributed by atoms with van der Waals surface area (Å²) in [6.07, 6.45) is 2.37. The molecule has 7 nitrogen and oxygen atoms in total. The maximum Gasteiger partial charge on any atom is 0.291 e. The molecule has 28 heavy (non-hydrogen) atoms. The standard InChI is InChI=1S/C20H26N4O3.ClH/c1-15-5-6-16(14-17(15)23-20(26)18-4-2-13-27-18)19(25)22-7-3-10-24-11-8-21-9-12-24;/h2,4-6,13-14,21H,3,7-12H2,1H3,(H,22,25)(H,23,26);1H. The number of hydrogen-bond acceptors (Lipinski definition) is 5. The second kappa shape index (κ2) is 10.8. The van der Waals surface area contributed by atoms with Gasteiger partial charge in [-0.3, -0.25) is 9.59 Å². The van der Waals surface area contributed by atoms with Gasteiger partial charge in [-0.2, -0.15) is 0 Å². The number of carbonyl (C=O) groups is 2. The molecule has 0 aliphatic carbocycles. The summed E-state index contributed by atoms with van der Waals surface area (Å²) in [5, 5.41) is 9.08. The van der Waals surface area contributed by atoms with E-state index in [4.69, 9.17) is 4.42 Å². The van der Waals surface area contributed by atoms with Crippen molar-refractivity contribution >= 4 is 29.9 Å². The third kappa shape index (κ3) is 6.09. The van der Waals surface area contributed by atoms with Crippen molar-refractivity contribution in [2.75, 3.05) is 44.6 Å². The normalized spacial score (nSPS) is 14.2. The molecule has 0 saturated carbocycles. The largest absolute Gasteiger partial charge is 0.459 e. The van der Waals surface area contributed by atoms with E-state index in [1.807, 2.05) is 13.0 Å². The number of nitrogens with zero attached hydrogens (tertiary/aromatic N) is 1. The summed E-state index contributed by atoms with van der Waals surface area (Å²) >= 11 is 0. The van der Waals surface area contributed by atoms with E-state index in [9.17, 15) is 9.59 Å². The molecule has 1 aromatic carbocycles. The zero-order valence-electron chi connectivity index (χ0n) is 16.0. The zero-order chi connectivity index (χ0) is 19.1. The summed E-state index contributed by atoms with van der Waals surface area (Å²) < 4.78 is 5.10. The number of halogens is 1. The number of rotatable bonds is 7. The number of piperazine rings is 1. The smallest absolute Gasteiger partial charge is 0.291 e. The highest BCUT2D eigenvalue weighted by Crippen LogP contribution is 2.18. The van der Waals surface area contributed by atoms with Crippen LogP contribution >= 0.6 is 12.4 Å². The van der Waals surface area contributed by atoms with E-state index in [1.54, 1.807) is 24.3 Å². The van der Waals surface area contributed by atoms with Crippen molar-refractivity contribution in [3.05, 3.63) is 53.5 Å². The molecule has 0 bridgehead atoms. The summed E-state index contributed by atoms with van der Waals surface area (Å²) in [6, 6.07) is 8.55. The van der Waals surface area contributed by atoms with E-state index in [0.717, 1.165) is 44.7 Å². The fourth-order valence-corrected chi connectivity index (χ4v) is 3.03. The van der Waals surface area contributed by atoms with Crippen LogP contribution in [0.5, 0.6) is 0 Å². The van der Waals surface area contributed by atoms with Gasteiger partial charge in [-0.15, -0.1) is 12.4 Å². The predicted molar refractivity (Wildman–Crippen MR) is 111 cm³/mol. The molecule has 1 aliphatic heterocycles. The van der Waals surface area contributed by atoms with E-state index >= 15 is 0 Å². The lowest BCUT2D eigenvalue weighted by Gasteiger charge is -2.27. The fourth-order valence-electron chi connectivity index (χ4n) is 3.03. The van der Waals surface area contributed by atoms with E-state index < -0.39 is 0 Å². The van der Waals surface area contributed by atoms with Crippen molar-refractivity contribution < 1.29 is 14.0 Å². The van der Waals surface area contributed by atoms with Crippen LogP contribution in [-0.2, 0) is 0 Å². The van der Waals surface area contributed by atoms with Gasteiger partial charge in [0.25, 0.3) is 11.8 Å². The average molecular weight is 407 g/mol. The van der Waals surface area contributed by atoms with Crippen molar-refractivity contribution in [2.45, 2.75) is 13.3 Å². The monoisotopic (exact) mass is 406 g/mol. The van der Waals surface area contributed by atoms with Gasteiger partial charge in [0.15, 0.2) is 5.76 Å². The van der Waals surface area contributed by atoms with E-state index in [-0.39, 0.29) is 30.0 Å². The van der Waals surface area contributed by atoms with Crippen LogP contribution < -0.4 is 16.0 Å². The quantitative estimate of drug-likeness (QED) is 0.614. The Labute approximate surface area is 171 Å². The number of aryl methyl sites for hydroxylation is 1. The average Bonchev–Trinajstić information content (AvgIpc) is 3.22. The Morgan fingerprint density at radius 3 is 2.68 bits per heavy atom. The van der Waals surface area contributed by atoms with Gasteiger partial charge >= 0.3 is 0 Å².